The molecule has 5 aromatic rings. The topological polar surface area (TPSA) is 139 Å². The van der Waals surface area contributed by atoms with Crippen LogP contribution in [0.4, 0.5) is 10.2 Å². The fourth-order valence-electron chi connectivity index (χ4n) is 5.40. The van der Waals surface area contributed by atoms with Crippen molar-refractivity contribution in [2.24, 2.45) is 11.6 Å². The van der Waals surface area contributed by atoms with Gasteiger partial charge in [0.1, 0.15) is 5.82 Å². The van der Waals surface area contributed by atoms with Crippen LogP contribution in [0.25, 0.3) is 27.6 Å². The number of carbonyl (C=O) groups is 2. The van der Waals surface area contributed by atoms with E-state index in [-0.39, 0.29) is 28.2 Å². The van der Waals surface area contributed by atoms with Crippen LogP contribution in [0.15, 0.2) is 79.4 Å². The number of aromatic amines is 1. The van der Waals surface area contributed by atoms with Crippen molar-refractivity contribution in [2.45, 2.75) is 32.6 Å². The number of nitrogens with zero attached hydrogens (tertiary/aromatic N) is 5. The molecule has 0 bridgehead atoms. The summed E-state index contributed by atoms with van der Waals surface area (Å²) in [5.74, 6) is 4.89. The van der Waals surface area contributed by atoms with E-state index in [2.05, 4.69) is 14.5 Å². The van der Waals surface area contributed by atoms with Gasteiger partial charge in [-0.2, -0.15) is 0 Å². The predicted molar refractivity (Wildman–Crippen MR) is 161 cm³/mol. The summed E-state index contributed by atoms with van der Waals surface area (Å²) in [6.07, 6.45) is 6.09. The van der Waals surface area contributed by atoms with E-state index in [1.54, 1.807) is 0 Å². The van der Waals surface area contributed by atoms with Crippen LogP contribution in [-0.2, 0) is 4.79 Å². The summed E-state index contributed by atoms with van der Waals surface area (Å²) in [4.78, 5) is 39.9. The Balaban J connectivity index is 0.00000173. The number of carbonyl (C=O) groups excluding carboxylic acids is 2. The first-order valence-corrected chi connectivity index (χ1v) is 13.9. The third kappa shape index (κ3) is 5.10. The van der Waals surface area contributed by atoms with Gasteiger partial charge in [0.05, 0.1) is 33.7 Å². The van der Waals surface area contributed by atoms with Crippen molar-refractivity contribution >= 4 is 39.4 Å². The first-order valence-electron chi connectivity index (χ1n) is 13.9. The van der Waals surface area contributed by atoms with Crippen LogP contribution in [0.5, 0.6) is 0 Å². The maximum absolute atomic E-state index is 14.8. The second-order valence-electron chi connectivity index (χ2n) is 9.66. The normalized spacial score (nSPS) is 13.9. The Labute approximate surface area is 242 Å². The average Bonchev–Trinajstić information content (AvgIpc) is 3.65. The van der Waals surface area contributed by atoms with Crippen LogP contribution >= 0.6 is 0 Å². The lowest BCUT2D eigenvalue weighted by Gasteiger charge is -2.31. The molecule has 0 aliphatic carbocycles. The standard InChI is InChI=1S/C29H27FN8O2.C2H6/c30-21-17-34-28(37(32)15-12-31)25-24(21)20(16-33-25)26(39)29(40)36-13-10-18(11-14-36)27-35-22-8-4-5-9-23(22)38(27)19-6-2-1-3-7-19;1-2/h1-9,12,15-18,33H,10-11,13-14,31-32H2;1-2H3/b15-12-;. The lowest BCUT2D eigenvalue weighted by atomic mass is 9.95. The summed E-state index contributed by atoms with van der Waals surface area (Å²) in [6.45, 7) is 4.76. The number of halogens is 1. The number of ketones is 1. The molecule has 6 rings (SSSR count). The Kier molecular flexibility index (Phi) is 8.30. The number of pyridine rings is 1. The lowest BCUT2D eigenvalue weighted by Crippen LogP contribution is -2.42. The molecule has 1 aliphatic heterocycles. The summed E-state index contributed by atoms with van der Waals surface area (Å²) < 4.78 is 17.0. The van der Waals surface area contributed by atoms with Crippen molar-refractivity contribution in [3.8, 4) is 5.69 Å². The van der Waals surface area contributed by atoms with Crippen molar-refractivity contribution in [3.05, 3.63) is 96.6 Å². The summed E-state index contributed by atoms with van der Waals surface area (Å²) >= 11 is 0. The van der Waals surface area contributed by atoms with Crippen LogP contribution in [-0.4, -0.2) is 49.2 Å². The SMILES string of the molecule is CC.N/C=C\N(N)c1ncc(F)c2c(C(=O)C(=O)N3CCC(c4nc5ccccc5n4-c4ccccc4)CC3)c[nH]c12. The number of piperidine rings is 1. The number of hydrazine groups is 1. The average molecular weight is 569 g/mol. The number of rotatable bonds is 6. The van der Waals surface area contributed by atoms with Gasteiger partial charge in [0, 0.05) is 43.3 Å². The fourth-order valence-corrected chi connectivity index (χ4v) is 5.40. The smallest absolute Gasteiger partial charge is 0.295 e. The van der Waals surface area contributed by atoms with E-state index in [0.717, 1.165) is 33.8 Å². The van der Waals surface area contributed by atoms with Crippen LogP contribution in [0.3, 0.4) is 0 Å². The van der Waals surface area contributed by atoms with Gasteiger partial charge < -0.3 is 15.6 Å². The van der Waals surface area contributed by atoms with Crippen molar-refractivity contribution < 1.29 is 14.0 Å². The number of aromatic nitrogens is 4. The third-order valence-electron chi connectivity index (χ3n) is 7.32. The van der Waals surface area contributed by atoms with Gasteiger partial charge in [-0.3, -0.25) is 19.2 Å². The number of nitrogens with two attached hydrogens (primary N) is 2. The number of imidazole rings is 1. The molecule has 0 atom stereocenters. The number of anilines is 1. The highest BCUT2D eigenvalue weighted by Gasteiger charge is 2.32. The number of hydrogen-bond donors (Lipinski definition) is 3. The number of Topliss-reactive ketones (excluding diaryl/α,β-unsaturated/α-hetero) is 1. The molecular weight excluding hydrogens is 535 g/mol. The Morgan fingerprint density at radius 3 is 2.48 bits per heavy atom. The maximum atomic E-state index is 14.8. The van der Waals surface area contributed by atoms with Gasteiger partial charge in [0.25, 0.3) is 11.7 Å². The number of benzene rings is 2. The van der Waals surface area contributed by atoms with Gasteiger partial charge in [-0.25, -0.2) is 20.2 Å². The number of nitrogens with one attached hydrogen (secondary N) is 1. The van der Waals surface area contributed by atoms with Crippen molar-refractivity contribution in [1.82, 2.24) is 24.4 Å². The highest BCUT2D eigenvalue weighted by Crippen LogP contribution is 2.33. The van der Waals surface area contributed by atoms with Gasteiger partial charge in [-0.05, 0) is 37.1 Å². The van der Waals surface area contributed by atoms with Crippen LogP contribution in [0.2, 0.25) is 0 Å². The first kappa shape index (κ1) is 28.5. The Hall–Kier alpha value is -5.03. The Morgan fingerprint density at radius 2 is 1.76 bits per heavy atom. The van der Waals surface area contributed by atoms with E-state index in [0.29, 0.717) is 25.9 Å². The van der Waals surface area contributed by atoms with Gasteiger partial charge >= 0.3 is 0 Å². The minimum absolute atomic E-state index is 0.0457. The zero-order valence-electron chi connectivity index (χ0n) is 23.5. The van der Waals surface area contributed by atoms with Gasteiger partial charge in [-0.1, -0.05) is 44.2 Å². The van der Waals surface area contributed by atoms with Crippen molar-refractivity contribution in [3.63, 3.8) is 0 Å². The Bertz CT molecular complexity index is 1750. The second kappa shape index (κ2) is 12.2. The number of H-pyrrole nitrogens is 1. The Morgan fingerprint density at radius 1 is 1.07 bits per heavy atom. The maximum Gasteiger partial charge on any atom is 0.295 e. The second-order valence-corrected chi connectivity index (χ2v) is 9.66. The zero-order valence-corrected chi connectivity index (χ0v) is 23.5. The predicted octanol–water partition coefficient (Wildman–Crippen LogP) is 4.77. The molecule has 0 saturated carbocycles. The molecule has 42 heavy (non-hydrogen) atoms. The molecule has 0 radical (unpaired) electrons. The summed E-state index contributed by atoms with van der Waals surface area (Å²) in [6, 6.07) is 18.1. The van der Waals surface area contributed by atoms with Gasteiger partial charge in [0.15, 0.2) is 11.6 Å². The monoisotopic (exact) mass is 568 g/mol. The molecule has 1 saturated heterocycles. The highest BCUT2D eigenvalue weighted by molar-refractivity contribution is 6.45. The van der Waals surface area contributed by atoms with E-state index in [1.807, 2.05) is 68.4 Å². The van der Waals surface area contributed by atoms with E-state index >= 15 is 0 Å². The minimum Gasteiger partial charge on any atom is -0.403 e. The summed E-state index contributed by atoms with van der Waals surface area (Å²) in [5, 5.41) is 1.05. The molecule has 216 valence electrons. The van der Waals surface area contributed by atoms with E-state index in [9.17, 15) is 14.0 Å². The molecule has 1 amide bonds. The van der Waals surface area contributed by atoms with Crippen molar-refractivity contribution in [2.75, 3.05) is 18.1 Å². The molecule has 3 aromatic heterocycles. The van der Waals surface area contributed by atoms with Gasteiger partial charge in [-0.15, -0.1) is 0 Å². The molecule has 2 aromatic carbocycles. The van der Waals surface area contributed by atoms with Crippen LogP contribution in [0, 0.1) is 5.82 Å². The fraction of sp³-hybridized carbons (Fsp3) is 0.226. The largest absolute Gasteiger partial charge is 0.403 e. The summed E-state index contributed by atoms with van der Waals surface area (Å²) in [5.41, 5.74) is 8.46. The summed E-state index contributed by atoms with van der Waals surface area (Å²) in [7, 11) is 0. The third-order valence-corrected chi connectivity index (χ3v) is 7.32. The van der Waals surface area contributed by atoms with E-state index in [4.69, 9.17) is 16.6 Å². The number of amides is 1. The highest BCUT2D eigenvalue weighted by atomic mass is 19.1. The zero-order chi connectivity index (χ0) is 29.8. The number of fused-ring (bicyclic) bond motifs is 2. The lowest BCUT2D eigenvalue weighted by molar-refractivity contribution is -0.127. The first-order chi connectivity index (χ1) is 20.5. The molecule has 4 heterocycles. The molecule has 0 unspecified atom stereocenters. The van der Waals surface area contributed by atoms with Crippen molar-refractivity contribution in [1.29, 1.82) is 0 Å². The van der Waals surface area contributed by atoms with E-state index < -0.39 is 17.5 Å². The number of para-hydroxylation sites is 3. The van der Waals surface area contributed by atoms with E-state index in [1.165, 1.54) is 23.5 Å². The molecule has 1 aliphatic rings. The number of likely N-dealkylation sites (tertiary alicyclic amines) is 1. The molecule has 0 spiro atoms. The molecular formula is C31H33FN8O2. The van der Waals surface area contributed by atoms with Crippen LogP contribution in [0.1, 0.15) is 48.8 Å². The molecule has 1 fully saturated rings. The molecule has 11 heteroatoms. The number of hydrogen-bond acceptors (Lipinski definition) is 7. The van der Waals surface area contributed by atoms with Crippen LogP contribution < -0.4 is 16.6 Å². The molecule has 10 nitrogen and oxygen atoms in total. The van der Waals surface area contributed by atoms with Gasteiger partial charge in [0.2, 0.25) is 0 Å². The quantitative estimate of drug-likeness (QED) is 0.116. The minimum atomic E-state index is -0.796. The molecule has 5 N–H and O–H groups in total.